The summed E-state index contributed by atoms with van der Waals surface area (Å²) in [5.74, 6) is 1.66. The van der Waals surface area contributed by atoms with Crippen molar-refractivity contribution in [2.24, 2.45) is 0 Å². The number of carbonyl (C=O) groups excluding carboxylic acids is 1. The lowest BCUT2D eigenvalue weighted by atomic mass is 10.1. The van der Waals surface area contributed by atoms with Gasteiger partial charge in [0.1, 0.15) is 18.1 Å². The lowest BCUT2D eigenvalue weighted by Gasteiger charge is -2.25. The molecule has 2 aromatic rings. The van der Waals surface area contributed by atoms with Crippen molar-refractivity contribution in [3.8, 4) is 11.5 Å². The molecule has 4 nitrogen and oxygen atoms in total. The Morgan fingerprint density at radius 2 is 1.92 bits per heavy atom. The maximum atomic E-state index is 12.8. The number of likely N-dealkylation sites (N-methyl/N-ethyl adjacent to an activating group) is 1. The van der Waals surface area contributed by atoms with Crippen molar-refractivity contribution in [2.75, 3.05) is 20.3 Å². The third-order valence-corrected chi connectivity index (χ3v) is 4.11. The zero-order valence-corrected chi connectivity index (χ0v) is 14.0. The highest BCUT2D eigenvalue weighted by atomic mass is 16.5. The Kier molecular flexibility index (Phi) is 4.85. The van der Waals surface area contributed by atoms with Crippen LogP contribution in [0.1, 0.15) is 18.1 Å². The molecule has 2 aromatic carbocycles. The topological polar surface area (TPSA) is 38.8 Å². The third-order valence-electron chi connectivity index (χ3n) is 4.11. The summed E-state index contributed by atoms with van der Waals surface area (Å²) in [4.78, 5) is 14.6. The van der Waals surface area contributed by atoms with Crippen LogP contribution in [0, 0.1) is 0 Å². The van der Waals surface area contributed by atoms with Crippen LogP contribution in [0.2, 0.25) is 0 Å². The molecule has 0 aliphatic carbocycles. The minimum Gasteiger partial charge on any atom is -0.497 e. The monoisotopic (exact) mass is 323 g/mol. The van der Waals surface area contributed by atoms with Crippen molar-refractivity contribution < 1.29 is 14.3 Å². The molecule has 24 heavy (non-hydrogen) atoms. The van der Waals surface area contributed by atoms with Gasteiger partial charge in [0.2, 0.25) is 0 Å². The number of para-hydroxylation sites is 1. The van der Waals surface area contributed by atoms with Crippen molar-refractivity contribution in [1.29, 1.82) is 0 Å². The van der Waals surface area contributed by atoms with Crippen LogP contribution in [0.5, 0.6) is 11.5 Å². The van der Waals surface area contributed by atoms with Crippen LogP contribution in [0.4, 0.5) is 0 Å². The number of amides is 1. The maximum Gasteiger partial charge on any atom is 0.253 e. The molecule has 1 aliphatic heterocycles. The first-order valence-electron chi connectivity index (χ1n) is 8.06. The average molecular weight is 323 g/mol. The number of carbonyl (C=O) groups is 1. The quantitative estimate of drug-likeness (QED) is 0.845. The Morgan fingerprint density at radius 3 is 2.62 bits per heavy atom. The summed E-state index contributed by atoms with van der Waals surface area (Å²) < 4.78 is 10.9. The van der Waals surface area contributed by atoms with Crippen molar-refractivity contribution in [1.82, 2.24) is 4.90 Å². The second-order valence-corrected chi connectivity index (χ2v) is 5.66. The smallest absolute Gasteiger partial charge is 0.253 e. The van der Waals surface area contributed by atoms with E-state index in [2.05, 4.69) is 0 Å². The standard InChI is InChI=1S/C20H21NO3/c1-3-21(13-15-8-10-18(23-2)11-9-15)20(22)17-12-16-6-4-5-7-19(16)24-14-17/h4-12H,3,13-14H2,1-2H3. The summed E-state index contributed by atoms with van der Waals surface area (Å²) in [6, 6.07) is 15.5. The molecule has 0 fully saturated rings. The molecule has 0 N–H and O–H groups in total. The van der Waals surface area contributed by atoms with E-state index in [1.54, 1.807) is 7.11 Å². The summed E-state index contributed by atoms with van der Waals surface area (Å²) in [6.45, 7) is 3.51. The number of hydrogen-bond acceptors (Lipinski definition) is 3. The van der Waals surface area contributed by atoms with Gasteiger partial charge in [0.25, 0.3) is 5.91 Å². The van der Waals surface area contributed by atoms with Gasteiger partial charge in [-0.1, -0.05) is 30.3 Å². The van der Waals surface area contributed by atoms with Gasteiger partial charge in [-0.3, -0.25) is 4.79 Å². The molecule has 0 aromatic heterocycles. The summed E-state index contributed by atoms with van der Waals surface area (Å²) in [6.07, 6.45) is 1.93. The third kappa shape index (κ3) is 3.43. The molecule has 0 unspecified atom stereocenters. The van der Waals surface area contributed by atoms with Crippen molar-refractivity contribution in [3.63, 3.8) is 0 Å². The van der Waals surface area contributed by atoms with Gasteiger partial charge in [-0.05, 0) is 36.8 Å². The zero-order chi connectivity index (χ0) is 16.9. The molecular weight excluding hydrogens is 302 g/mol. The molecule has 1 heterocycles. The number of benzene rings is 2. The van der Waals surface area contributed by atoms with Gasteiger partial charge in [-0.15, -0.1) is 0 Å². The first kappa shape index (κ1) is 16.1. The molecule has 0 saturated carbocycles. The Labute approximate surface area is 142 Å². The van der Waals surface area contributed by atoms with E-state index in [1.807, 2.05) is 66.4 Å². The molecule has 0 saturated heterocycles. The van der Waals surface area contributed by atoms with E-state index >= 15 is 0 Å². The van der Waals surface area contributed by atoms with E-state index in [0.29, 0.717) is 25.3 Å². The fraction of sp³-hybridized carbons (Fsp3) is 0.250. The predicted molar refractivity (Wildman–Crippen MR) is 94.0 cm³/mol. The van der Waals surface area contributed by atoms with Crippen LogP contribution in [-0.2, 0) is 11.3 Å². The van der Waals surface area contributed by atoms with Crippen LogP contribution in [-0.4, -0.2) is 31.1 Å². The summed E-state index contributed by atoms with van der Waals surface area (Å²) >= 11 is 0. The van der Waals surface area contributed by atoms with E-state index in [1.165, 1.54) is 0 Å². The molecule has 1 aliphatic rings. The van der Waals surface area contributed by atoms with E-state index < -0.39 is 0 Å². The lowest BCUT2D eigenvalue weighted by Crippen LogP contribution is -2.33. The first-order chi connectivity index (χ1) is 11.7. The number of fused-ring (bicyclic) bond motifs is 1. The molecule has 3 rings (SSSR count). The van der Waals surface area contributed by atoms with Crippen molar-refractivity contribution in [2.45, 2.75) is 13.5 Å². The predicted octanol–water partition coefficient (Wildman–Crippen LogP) is 3.52. The molecule has 0 atom stereocenters. The molecule has 0 radical (unpaired) electrons. The van der Waals surface area contributed by atoms with E-state index in [9.17, 15) is 4.79 Å². The van der Waals surface area contributed by atoms with Gasteiger partial charge in [0, 0.05) is 18.7 Å². The number of ether oxygens (including phenoxy) is 2. The SMILES string of the molecule is CCN(Cc1ccc(OC)cc1)C(=O)C1=Cc2ccccc2OC1. The Balaban J connectivity index is 1.75. The molecular formula is C20H21NO3. The second-order valence-electron chi connectivity index (χ2n) is 5.66. The Hall–Kier alpha value is -2.75. The highest BCUT2D eigenvalue weighted by Crippen LogP contribution is 2.26. The van der Waals surface area contributed by atoms with Crippen LogP contribution >= 0.6 is 0 Å². The maximum absolute atomic E-state index is 12.8. The van der Waals surface area contributed by atoms with Gasteiger partial charge in [-0.2, -0.15) is 0 Å². The van der Waals surface area contributed by atoms with Crippen LogP contribution < -0.4 is 9.47 Å². The molecule has 0 spiro atoms. The highest BCUT2D eigenvalue weighted by Gasteiger charge is 2.21. The number of nitrogens with zero attached hydrogens (tertiary/aromatic N) is 1. The summed E-state index contributed by atoms with van der Waals surface area (Å²) in [5.41, 5.74) is 2.71. The molecule has 124 valence electrons. The lowest BCUT2D eigenvalue weighted by molar-refractivity contribution is -0.127. The van der Waals surface area contributed by atoms with Gasteiger partial charge in [0.05, 0.1) is 12.7 Å². The average Bonchev–Trinajstić information content (AvgIpc) is 2.65. The number of rotatable bonds is 5. The number of methoxy groups -OCH3 is 1. The van der Waals surface area contributed by atoms with Gasteiger partial charge in [-0.25, -0.2) is 0 Å². The van der Waals surface area contributed by atoms with E-state index in [-0.39, 0.29) is 5.91 Å². The van der Waals surface area contributed by atoms with E-state index in [0.717, 1.165) is 22.6 Å². The molecule has 4 heteroatoms. The Morgan fingerprint density at radius 1 is 1.17 bits per heavy atom. The van der Waals surface area contributed by atoms with Crippen molar-refractivity contribution >= 4 is 12.0 Å². The second kappa shape index (κ2) is 7.21. The van der Waals surface area contributed by atoms with Crippen LogP contribution in [0.3, 0.4) is 0 Å². The van der Waals surface area contributed by atoms with Gasteiger partial charge in [0.15, 0.2) is 0 Å². The zero-order valence-electron chi connectivity index (χ0n) is 14.0. The fourth-order valence-electron chi connectivity index (χ4n) is 2.72. The highest BCUT2D eigenvalue weighted by molar-refractivity contribution is 5.99. The molecule has 1 amide bonds. The minimum absolute atomic E-state index is 0.0165. The first-order valence-corrected chi connectivity index (χ1v) is 8.06. The summed E-state index contributed by atoms with van der Waals surface area (Å²) in [7, 11) is 1.64. The normalized spacial score (nSPS) is 12.7. The van der Waals surface area contributed by atoms with Crippen LogP contribution in [0.15, 0.2) is 54.1 Å². The van der Waals surface area contributed by atoms with Gasteiger partial charge < -0.3 is 14.4 Å². The fourth-order valence-corrected chi connectivity index (χ4v) is 2.72. The summed E-state index contributed by atoms with van der Waals surface area (Å²) in [5, 5.41) is 0. The largest absolute Gasteiger partial charge is 0.497 e. The minimum atomic E-state index is 0.0165. The Bertz CT molecular complexity index is 750. The molecule has 0 bridgehead atoms. The van der Waals surface area contributed by atoms with E-state index in [4.69, 9.17) is 9.47 Å². The number of hydrogen-bond donors (Lipinski definition) is 0. The van der Waals surface area contributed by atoms with Crippen molar-refractivity contribution in [3.05, 3.63) is 65.2 Å². The van der Waals surface area contributed by atoms with Gasteiger partial charge >= 0.3 is 0 Å². The van der Waals surface area contributed by atoms with Crippen LogP contribution in [0.25, 0.3) is 6.08 Å².